The minimum absolute atomic E-state index is 0.200. The molecule has 86 valence electrons. The van der Waals surface area contributed by atoms with E-state index in [1.165, 1.54) is 20.8 Å². The molecule has 0 aliphatic carbocycles. The Kier molecular flexibility index (Phi) is 4.97. The van der Waals surface area contributed by atoms with Crippen molar-refractivity contribution < 1.29 is 24.2 Å². The normalized spacial score (nSPS) is 16.3. The van der Waals surface area contributed by atoms with Crippen LogP contribution in [0.2, 0.25) is 0 Å². The Bertz CT molecular complexity index is 251. The van der Waals surface area contributed by atoms with E-state index in [0.717, 1.165) is 0 Å². The minimum atomic E-state index is -1.09. The lowest BCUT2D eigenvalue weighted by molar-refractivity contribution is -0.160. The summed E-state index contributed by atoms with van der Waals surface area (Å²) in [6.45, 7) is 5.49. The van der Waals surface area contributed by atoms with Crippen molar-refractivity contribution in [3.05, 3.63) is 0 Å². The molecule has 0 saturated heterocycles. The van der Waals surface area contributed by atoms with Crippen LogP contribution in [0.15, 0.2) is 0 Å². The van der Waals surface area contributed by atoms with E-state index in [-0.39, 0.29) is 5.78 Å². The molecule has 0 rings (SSSR count). The first-order valence-corrected chi connectivity index (χ1v) is 4.67. The molecule has 0 aliphatic heterocycles. The molecule has 0 amide bonds. The Morgan fingerprint density at radius 2 is 1.53 bits per heavy atom. The number of ether oxygens (including phenoxy) is 1. The molecule has 0 aromatic rings. The standard InChI is InChI=1S/C10H16O5/c1-5(7(3)11)9(15-8(4)12)6(2)10(13)14/h5-6,9H,1-4H3,(H,13,14)/t5-,6+,9?/m0/s1. The first kappa shape index (κ1) is 13.6. The second-order valence-corrected chi connectivity index (χ2v) is 3.60. The number of ketones is 1. The van der Waals surface area contributed by atoms with E-state index in [4.69, 9.17) is 9.84 Å². The first-order valence-electron chi connectivity index (χ1n) is 4.67. The van der Waals surface area contributed by atoms with Crippen LogP contribution in [-0.4, -0.2) is 28.9 Å². The van der Waals surface area contributed by atoms with Crippen molar-refractivity contribution >= 4 is 17.7 Å². The Balaban J connectivity index is 4.79. The highest BCUT2D eigenvalue weighted by Crippen LogP contribution is 2.18. The van der Waals surface area contributed by atoms with Gasteiger partial charge in [-0.15, -0.1) is 0 Å². The molecule has 5 nitrogen and oxygen atoms in total. The zero-order valence-corrected chi connectivity index (χ0v) is 9.31. The predicted molar refractivity (Wildman–Crippen MR) is 52.2 cm³/mol. The summed E-state index contributed by atoms with van der Waals surface area (Å²) in [6, 6.07) is 0. The van der Waals surface area contributed by atoms with Gasteiger partial charge in [0.15, 0.2) is 0 Å². The largest absolute Gasteiger partial charge is 0.481 e. The molecule has 0 spiro atoms. The van der Waals surface area contributed by atoms with Gasteiger partial charge in [0.05, 0.1) is 11.8 Å². The van der Waals surface area contributed by atoms with Crippen molar-refractivity contribution in [2.24, 2.45) is 11.8 Å². The molecule has 0 aromatic heterocycles. The number of carbonyl (C=O) groups is 3. The monoisotopic (exact) mass is 216 g/mol. The molecule has 0 bridgehead atoms. The van der Waals surface area contributed by atoms with Crippen molar-refractivity contribution in [3.63, 3.8) is 0 Å². The summed E-state index contributed by atoms with van der Waals surface area (Å²) < 4.78 is 4.86. The van der Waals surface area contributed by atoms with Gasteiger partial charge in [-0.25, -0.2) is 0 Å². The van der Waals surface area contributed by atoms with Gasteiger partial charge in [-0.1, -0.05) is 6.92 Å². The van der Waals surface area contributed by atoms with Crippen molar-refractivity contribution in [2.45, 2.75) is 33.8 Å². The molecule has 0 aliphatic rings. The Hall–Kier alpha value is -1.39. The summed E-state index contributed by atoms with van der Waals surface area (Å²) >= 11 is 0. The van der Waals surface area contributed by atoms with Crippen molar-refractivity contribution in [3.8, 4) is 0 Å². The molecule has 0 radical (unpaired) electrons. The van der Waals surface area contributed by atoms with Gasteiger partial charge in [0.25, 0.3) is 0 Å². The van der Waals surface area contributed by atoms with Gasteiger partial charge in [-0.2, -0.15) is 0 Å². The Labute approximate surface area is 88.4 Å². The summed E-state index contributed by atoms with van der Waals surface area (Å²) in [7, 11) is 0. The van der Waals surface area contributed by atoms with Gasteiger partial charge in [-0.05, 0) is 13.8 Å². The SMILES string of the molecule is CC(=O)OC([C@@H](C)C(C)=O)[C@@H](C)C(=O)O. The van der Waals surface area contributed by atoms with Crippen LogP contribution in [0.3, 0.4) is 0 Å². The molecule has 0 saturated carbocycles. The molecule has 15 heavy (non-hydrogen) atoms. The van der Waals surface area contributed by atoms with Gasteiger partial charge >= 0.3 is 11.9 Å². The highest BCUT2D eigenvalue weighted by atomic mass is 16.5. The molecule has 0 fully saturated rings. The number of hydrogen-bond acceptors (Lipinski definition) is 4. The van der Waals surface area contributed by atoms with Crippen LogP contribution in [0, 0.1) is 11.8 Å². The van der Waals surface area contributed by atoms with Gasteiger partial charge in [0, 0.05) is 6.92 Å². The second kappa shape index (κ2) is 5.48. The van der Waals surface area contributed by atoms with Crippen LogP contribution in [0.4, 0.5) is 0 Å². The van der Waals surface area contributed by atoms with Crippen molar-refractivity contribution in [1.82, 2.24) is 0 Å². The Morgan fingerprint density at radius 3 is 1.80 bits per heavy atom. The number of rotatable bonds is 5. The summed E-state index contributed by atoms with van der Waals surface area (Å²) in [5.74, 6) is -3.38. The lowest BCUT2D eigenvalue weighted by atomic mass is 9.90. The molecule has 0 heterocycles. The zero-order valence-electron chi connectivity index (χ0n) is 9.31. The van der Waals surface area contributed by atoms with E-state index in [9.17, 15) is 14.4 Å². The van der Waals surface area contributed by atoms with E-state index in [2.05, 4.69) is 0 Å². The van der Waals surface area contributed by atoms with Crippen LogP contribution >= 0.6 is 0 Å². The van der Waals surface area contributed by atoms with E-state index in [1.54, 1.807) is 6.92 Å². The summed E-state index contributed by atoms with van der Waals surface area (Å²) in [5.41, 5.74) is 0. The van der Waals surface area contributed by atoms with Gasteiger partial charge in [0.1, 0.15) is 11.9 Å². The number of Topliss-reactive ketones (excluding diaryl/α,β-unsaturated/α-hetero) is 1. The number of carbonyl (C=O) groups excluding carboxylic acids is 2. The maximum atomic E-state index is 11.1. The Morgan fingerprint density at radius 1 is 1.07 bits per heavy atom. The van der Waals surface area contributed by atoms with Crippen LogP contribution < -0.4 is 0 Å². The average molecular weight is 216 g/mol. The van der Waals surface area contributed by atoms with Crippen LogP contribution in [0.25, 0.3) is 0 Å². The lowest BCUT2D eigenvalue weighted by Gasteiger charge is -2.24. The summed E-state index contributed by atoms with van der Waals surface area (Å²) in [6.07, 6.45) is -0.905. The van der Waals surface area contributed by atoms with Gasteiger partial charge in [-0.3, -0.25) is 14.4 Å². The maximum absolute atomic E-state index is 11.1. The minimum Gasteiger partial charge on any atom is -0.481 e. The fourth-order valence-electron chi connectivity index (χ4n) is 1.20. The molecular formula is C10H16O5. The average Bonchev–Trinajstić information content (AvgIpc) is 2.11. The van der Waals surface area contributed by atoms with Gasteiger partial charge in [0.2, 0.25) is 0 Å². The van der Waals surface area contributed by atoms with E-state index in [0.29, 0.717) is 0 Å². The van der Waals surface area contributed by atoms with E-state index in [1.807, 2.05) is 0 Å². The third-order valence-electron chi connectivity index (χ3n) is 2.32. The van der Waals surface area contributed by atoms with E-state index >= 15 is 0 Å². The van der Waals surface area contributed by atoms with Crippen molar-refractivity contribution in [2.75, 3.05) is 0 Å². The second-order valence-electron chi connectivity index (χ2n) is 3.60. The molecular weight excluding hydrogens is 200 g/mol. The predicted octanol–water partition coefficient (Wildman–Crippen LogP) is 0.864. The molecule has 3 atom stereocenters. The number of aliphatic carboxylic acids is 1. The first-order chi connectivity index (χ1) is 6.77. The highest BCUT2D eigenvalue weighted by Gasteiger charge is 2.33. The highest BCUT2D eigenvalue weighted by molar-refractivity contribution is 5.81. The maximum Gasteiger partial charge on any atom is 0.310 e. The smallest absolute Gasteiger partial charge is 0.310 e. The van der Waals surface area contributed by atoms with E-state index < -0.39 is 29.9 Å². The molecule has 1 N–H and O–H groups in total. The lowest BCUT2D eigenvalue weighted by Crippen LogP contribution is -2.38. The molecule has 5 heteroatoms. The van der Waals surface area contributed by atoms with Crippen molar-refractivity contribution in [1.29, 1.82) is 0 Å². The number of esters is 1. The third kappa shape index (κ3) is 4.10. The third-order valence-corrected chi connectivity index (χ3v) is 2.32. The zero-order chi connectivity index (χ0) is 12.2. The number of hydrogen-bond donors (Lipinski definition) is 1. The van der Waals surface area contributed by atoms with Crippen LogP contribution in [-0.2, 0) is 19.1 Å². The topological polar surface area (TPSA) is 80.7 Å². The number of carboxylic acid groups (broad SMARTS) is 1. The molecule has 0 aromatic carbocycles. The number of carboxylic acids is 1. The summed E-state index contributed by atoms with van der Waals surface area (Å²) in [5, 5.41) is 8.79. The summed E-state index contributed by atoms with van der Waals surface area (Å²) in [4.78, 5) is 32.6. The van der Waals surface area contributed by atoms with Crippen LogP contribution in [0.5, 0.6) is 0 Å². The molecule has 1 unspecified atom stereocenters. The fraction of sp³-hybridized carbons (Fsp3) is 0.700. The quantitative estimate of drug-likeness (QED) is 0.689. The van der Waals surface area contributed by atoms with Gasteiger partial charge < -0.3 is 9.84 Å². The van der Waals surface area contributed by atoms with Crippen LogP contribution in [0.1, 0.15) is 27.7 Å². The fourth-order valence-corrected chi connectivity index (χ4v) is 1.20.